The van der Waals surface area contributed by atoms with Gasteiger partial charge in [0.05, 0.1) is 11.7 Å². The summed E-state index contributed by atoms with van der Waals surface area (Å²) < 4.78 is 11.4. The van der Waals surface area contributed by atoms with Crippen LogP contribution in [0.15, 0.2) is 18.2 Å². The van der Waals surface area contributed by atoms with Crippen molar-refractivity contribution < 1.29 is 14.3 Å². The average molecular weight is 234 g/mol. The zero-order valence-corrected chi connectivity index (χ0v) is 10.5. The largest absolute Gasteiger partial charge is 0.490 e. The highest BCUT2D eigenvalue weighted by Gasteiger charge is 2.25. The predicted molar refractivity (Wildman–Crippen MR) is 65.9 cm³/mol. The Hall–Kier alpha value is -1.51. The molecule has 0 saturated heterocycles. The fraction of sp³-hybridized carbons (Fsp3) is 0.500. The summed E-state index contributed by atoms with van der Waals surface area (Å²) in [6.45, 7) is 5.86. The van der Waals surface area contributed by atoms with Crippen LogP contribution in [0.5, 0.6) is 11.5 Å². The first-order chi connectivity index (χ1) is 7.99. The molecule has 0 amide bonds. The van der Waals surface area contributed by atoms with Crippen molar-refractivity contribution in [3.8, 4) is 11.5 Å². The zero-order valence-electron chi connectivity index (χ0n) is 10.5. The lowest BCUT2D eigenvalue weighted by molar-refractivity contribution is 0.108. The summed E-state index contributed by atoms with van der Waals surface area (Å²) in [4.78, 5) is 11.2. The third-order valence-electron chi connectivity index (χ3n) is 2.38. The van der Waals surface area contributed by atoms with E-state index in [1.54, 1.807) is 6.07 Å². The van der Waals surface area contributed by atoms with E-state index < -0.39 is 0 Å². The molecule has 0 aromatic heterocycles. The quantitative estimate of drug-likeness (QED) is 0.750. The van der Waals surface area contributed by atoms with Crippen molar-refractivity contribution in [3.63, 3.8) is 0 Å². The Balaban J connectivity index is 2.27. The Kier molecular flexibility index (Phi) is 3.09. The zero-order chi connectivity index (χ0) is 12.5. The van der Waals surface area contributed by atoms with Gasteiger partial charge in [-0.2, -0.15) is 0 Å². The normalized spacial score (nSPS) is 15.5. The van der Waals surface area contributed by atoms with Gasteiger partial charge in [-0.05, 0) is 45.7 Å². The van der Waals surface area contributed by atoms with Crippen LogP contribution < -0.4 is 9.47 Å². The van der Waals surface area contributed by atoms with Gasteiger partial charge in [0, 0.05) is 0 Å². The predicted octanol–water partition coefficient (Wildman–Crippen LogP) is 3.22. The number of ether oxygens (including phenoxy) is 2. The number of carbonyl (C=O) groups is 1. The van der Waals surface area contributed by atoms with Gasteiger partial charge in [0.15, 0.2) is 6.29 Å². The number of aldehydes is 1. The third-order valence-corrected chi connectivity index (χ3v) is 2.38. The summed E-state index contributed by atoms with van der Waals surface area (Å²) in [5.74, 6) is 1.22. The molecule has 0 atom stereocenters. The minimum atomic E-state index is -0.323. The molecule has 3 heteroatoms. The highest BCUT2D eigenvalue weighted by molar-refractivity contribution is 5.83. The lowest BCUT2D eigenvalue weighted by Crippen LogP contribution is -2.23. The van der Waals surface area contributed by atoms with Crippen molar-refractivity contribution in [1.82, 2.24) is 0 Å². The van der Waals surface area contributed by atoms with Crippen molar-refractivity contribution >= 4 is 6.29 Å². The van der Waals surface area contributed by atoms with Crippen molar-refractivity contribution in [1.29, 1.82) is 0 Å². The molecule has 1 fully saturated rings. The maximum atomic E-state index is 11.2. The number of hydrogen-bond donors (Lipinski definition) is 0. The van der Waals surface area contributed by atoms with E-state index in [2.05, 4.69) is 0 Å². The summed E-state index contributed by atoms with van der Waals surface area (Å²) in [5.41, 5.74) is 0.185. The van der Waals surface area contributed by atoms with Gasteiger partial charge < -0.3 is 9.47 Å². The Labute approximate surface area is 102 Å². The van der Waals surface area contributed by atoms with E-state index >= 15 is 0 Å². The first-order valence-corrected chi connectivity index (χ1v) is 5.93. The van der Waals surface area contributed by atoms with Gasteiger partial charge in [0.2, 0.25) is 0 Å². The molecule has 2 rings (SSSR count). The molecule has 92 valence electrons. The molecule has 1 saturated carbocycles. The van der Waals surface area contributed by atoms with Crippen LogP contribution in [0.1, 0.15) is 44.0 Å². The van der Waals surface area contributed by atoms with Gasteiger partial charge in [-0.1, -0.05) is 6.07 Å². The maximum Gasteiger partial charge on any atom is 0.157 e. The van der Waals surface area contributed by atoms with E-state index in [0.717, 1.165) is 19.1 Å². The molecule has 17 heavy (non-hydrogen) atoms. The molecule has 0 radical (unpaired) electrons. The molecule has 1 aromatic rings. The smallest absolute Gasteiger partial charge is 0.157 e. The number of hydrogen-bond acceptors (Lipinski definition) is 3. The van der Waals surface area contributed by atoms with Crippen molar-refractivity contribution in [3.05, 3.63) is 23.8 Å². The molecule has 0 bridgehead atoms. The van der Waals surface area contributed by atoms with Crippen LogP contribution in [0.2, 0.25) is 0 Å². The van der Waals surface area contributed by atoms with Crippen LogP contribution in [-0.4, -0.2) is 18.0 Å². The van der Waals surface area contributed by atoms with Crippen molar-refractivity contribution in [2.75, 3.05) is 0 Å². The fourth-order valence-corrected chi connectivity index (χ4v) is 1.53. The number of carbonyl (C=O) groups excluding carboxylic acids is 1. The molecule has 0 N–H and O–H groups in total. The Bertz CT molecular complexity index is 414. The van der Waals surface area contributed by atoms with Gasteiger partial charge in [-0.15, -0.1) is 0 Å². The third kappa shape index (κ3) is 3.22. The second-order valence-corrected chi connectivity index (χ2v) is 5.32. The molecule has 0 aliphatic heterocycles. The molecule has 0 spiro atoms. The topological polar surface area (TPSA) is 35.5 Å². The molecular formula is C14H18O3. The highest BCUT2D eigenvalue weighted by atomic mass is 16.5. The SMILES string of the molecule is CC(C)(C)Oc1cccc(OC2CC2)c1C=O. The van der Waals surface area contributed by atoms with Crippen LogP contribution in [-0.2, 0) is 0 Å². The first-order valence-electron chi connectivity index (χ1n) is 5.93. The van der Waals surface area contributed by atoms with Crippen LogP contribution in [0.4, 0.5) is 0 Å². The number of rotatable bonds is 4. The minimum Gasteiger partial charge on any atom is -0.490 e. The molecule has 1 aliphatic rings. The monoisotopic (exact) mass is 234 g/mol. The van der Waals surface area contributed by atoms with E-state index in [1.165, 1.54) is 0 Å². The summed E-state index contributed by atoms with van der Waals surface area (Å²) in [6, 6.07) is 5.47. The summed E-state index contributed by atoms with van der Waals surface area (Å²) in [7, 11) is 0. The van der Waals surface area contributed by atoms with E-state index in [1.807, 2.05) is 32.9 Å². The minimum absolute atomic E-state index is 0.276. The fourth-order valence-electron chi connectivity index (χ4n) is 1.53. The maximum absolute atomic E-state index is 11.2. The Morgan fingerprint density at radius 2 is 1.88 bits per heavy atom. The lowest BCUT2D eigenvalue weighted by Gasteiger charge is -2.23. The van der Waals surface area contributed by atoms with Gasteiger partial charge in [-0.3, -0.25) is 4.79 Å². The Morgan fingerprint density at radius 1 is 1.24 bits per heavy atom. The lowest BCUT2D eigenvalue weighted by atomic mass is 10.1. The Morgan fingerprint density at radius 3 is 2.41 bits per heavy atom. The molecule has 3 nitrogen and oxygen atoms in total. The van der Waals surface area contributed by atoms with Gasteiger partial charge in [0.1, 0.15) is 17.1 Å². The summed E-state index contributed by atoms with van der Waals surface area (Å²) >= 11 is 0. The molecule has 0 heterocycles. The first kappa shape index (κ1) is 12.0. The summed E-state index contributed by atoms with van der Waals surface area (Å²) in [6.07, 6.45) is 3.22. The standard InChI is InChI=1S/C14H18O3/c1-14(2,3)17-13-6-4-5-12(11(13)9-15)16-10-7-8-10/h4-6,9-10H,7-8H2,1-3H3. The van der Waals surface area contributed by atoms with Gasteiger partial charge >= 0.3 is 0 Å². The summed E-state index contributed by atoms with van der Waals surface area (Å²) in [5, 5.41) is 0. The van der Waals surface area contributed by atoms with E-state index in [4.69, 9.17) is 9.47 Å². The van der Waals surface area contributed by atoms with Gasteiger partial charge in [0.25, 0.3) is 0 Å². The second-order valence-electron chi connectivity index (χ2n) is 5.32. The molecule has 1 aromatic carbocycles. The average Bonchev–Trinajstić information content (AvgIpc) is 2.99. The molecule has 1 aliphatic carbocycles. The van der Waals surface area contributed by atoms with Crippen LogP contribution in [0.25, 0.3) is 0 Å². The number of benzene rings is 1. The molecular weight excluding hydrogens is 216 g/mol. The van der Waals surface area contributed by atoms with E-state index in [-0.39, 0.29) is 11.7 Å². The van der Waals surface area contributed by atoms with Gasteiger partial charge in [-0.25, -0.2) is 0 Å². The van der Waals surface area contributed by atoms with E-state index in [0.29, 0.717) is 17.1 Å². The second kappa shape index (κ2) is 4.40. The molecule has 0 unspecified atom stereocenters. The van der Waals surface area contributed by atoms with Crippen molar-refractivity contribution in [2.45, 2.75) is 45.3 Å². The van der Waals surface area contributed by atoms with Crippen LogP contribution >= 0.6 is 0 Å². The highest BCUT2D eigenvalue weighted by Crippen LogP contribution is 2.33. The van der Waals surface area contributed by atoms with Crippen molar-refractivity contribution in [2.24, 2.45) is 0 Å². The van der Waals surface area contributed by atoms with Crippen LogP contribution in [0, 0.1) is 0 Å². The van der Waals surface area contributed by atoms with E-state index in [9.17, 15) is 4.79 Å². The van der Waals surface area contributed by atoms with Crippen LogP contribution in [0.3, 0.4) is 0 Å².